The lowest BCUT2D eigenvalue weighted by Crippen LogP contribution is -2.34. The predicted octanol–water partition coefficient (Wildman–Crippen LogP) is -0.0491. The Labute approximate surface area is 123 Å². The van der Waals surface area contributed by atoms with Crippen LogP contribution in [0.5, 0.6) is 0 Å². The monoisotopic (exact) mass is 317 g/mol. The van der Waals surface area contributed by atoms with Gasteiger partial charge in [0.15, 0.2) is 0 Å². The number of H-pyrrole nitrogens is 1. The highest BCUT2D eigenvalue weighted by Gasteiger charge is 2.22. The number of aromatic nitrogens is 1. The van der Waals surface area contributed by atoms with Gasteiger partial charge >= 0.3 is 5.97 Å². The first-order valence-electron chi connectivity index (χ1n) is 6.18. The second-order valence-corrected chi connectivity index (χ2v) is 7.09. The maximum atomic E-state index is 12.0. The van der Waals surface area contributed by atoms with Gasteiger partial charge in [-0.2, -0.15) is 0 Å². The van der Waals surface area contributed by atoms with Crippen LogP contribution in [0.1, 0.15) is 32.1 Å². The molecule has 1 rings (SSSR count). The second kappa shape index (κ2) is 6.27. The number of carbonyl (C=O) groups excluding carboxylic acids is 1. The Morgan fingerprint density at radius 1 is 1.29 bits per heavy atom. The number of aromatic carboxylic acids is 1. The Kier molecular flexibility index (Phi) is 5.13. The van der Waals surface area contributed by atoms with Crippen molar-refractivity contribution in [3.05, 3.63) is 22.5 Å². The van der Waals surface area contributed by atoms with Crippen LogP contribution < -0.4 is 5.32 Å². The molecule has 1 amide bonds. The largest absolute Gasteiger partial charge is 0.477 e. The van der Waals surface area contributed by atoms with Crippen molar-refractivity contribution >= 4 is 21.9 Å². The van der Waals surface area contributed by atoms with Crippen molar-refractivity contribution in [3.63, 3.8) is 0 Å². The Morgan fingerprint density at radius 3 is 2.29 bits per heavy atom. The van der Waals surface area contributed by atoms with Crippen LogP contribution in [0, 0.1) is 13.8 Å². The smallest absolute Gasteiger partial charge is 0.352 e. The third-order valence-corrected chi connectivity index (χ3v) is 4.91. The summed E-state index contributed by atoms with van der Waals surface area (Å²) in [4.78, 5) is 25.7. The highest BCUT2D eigenvalue weighted by atomic mass is 32.2. The number of hydrogen-bond donors (Lipinski definition) is 3. The molecule has 0 bridgehead atoms. The van der Waals surface area contributed by atoms with Gasteiger partial charge in [-0.05, 0) is 19.4 Å². The highest BCUT2D eigenvalue weighted by Crippen LogP contribution is 2.17. The summed E-state index contributed by atoms with van der Waals surface area (Å²) in [5, 5.41) is 11.5. The normalized spacial score (nSPS) is 11.7. The number of carboxylic acids is 1. The number of rotatable bonds is 6. The molecule has 0 saturated heterocycles. The number of carbonyl (C=O) groups is 2. The maximum Gasteiger partial charge on any atom is 0.352 e. The summed E-state index contributed by atoms with van der Waals surface area (Å²) in [5.41, 5.74) is 0.944. The van der Waals surface area contributed by atoms with Gasteiger partial charge in [0.2, 0.25) is 10.0 Å². The molecule has 8 nitrogen and oxygen atoms in total. The first-order chi connectivity index (χ1) is 9.58. The van der Waals surface area contributed by atoms with Crippen LogP contribution in [0.4, 0.5) is 0 Å². The van der Waals surface area contributed by atoms with Crippen LogP contribution in [0.2, 0.25) is 0 Å². The number of nitrogens with one attached hydrogen (secondary N) is 2. The molecule has 0 aliphatic heterocycles. The van der Waals surface area contributed by atoms with Crippen molar-refractivity contribution in [1.29, 1.82) is 0 Å². The molecule has 21 heavy (non-hydrogen) atoms. The van der Waals surface area contributed by atoms with Crippen molar-refractivity contribution in [3.8, 4) is 0 Å². The van der Waals surface area contributed by atoms with Gasteiger partial charge in [-0.3, -0.25) is 4.79 Å². The summed E-state index contributed by atoms with van der Waals surface area (Å²) in [6, 6.07) is 0. The molecular weight excluding hydrogens is 298 g/mol. The Balaban J connectivity index is 2.81. The molecule has 0 saturated carbocycles. The number of nitrogens with zero attached hydrogens (tertiary/aromatic N) is 1. The summed E-state index contributed by atoms with van der Waals surface area (Å²) in [6.07, 6.45) is 0. The summed E-state index contributed by atoms with van der Waals surface area (Å²) in [7, 11) is -0.561. The van der Waals surface area contributed by atoms with Gasteiger partial charge in [-0.15, -0.1) is 0 Å². The lowest BCUT2D eigenvalue weighted by atomic mass is 10.1. The molecule has 1 heterocycles. The predicted molar refractivity (Wildman–Crippen MR) is 77.0 cm³/mol. The second-order valence-electron chi connectivity index (χ2n) is 4.78. The molecule has 0 aromatic carbocycles. The van der Waals surface area contributed by atoms with Crippen molar-refractivity contribution in [1.82, 2.24) is 14.6 Å². The van der Waals surface area contributed by atoms with Gasteiger partial charge in [-0.25, -0.2) is 17.5 Å². The fraction of sp³-hybridized carbons (Fsp3) is 0.500. The number of carboxylic acid groups (broad SMARTS) is 1. The molecule has 0 unspecified atom stereocenters. The summed E-state index contributed by atoms with van der Waals surface area (Å²) in [5.74, 6) is -1.87. The van der Waals surface area contributed by atoms with E-state index in [1.165, 1.54) is 21.0 Å². The number of sulfonamides is 1. The average molecular weight is 317 g/mol. The fourth-order valence-corrected chi connectivity index (χ4v) is 2.59. The van der Waals surface area contributed by atoms with E-state index in [4.69, 9.17) is 5.11 Å². The zero-order valence-corrected chi connectivity index (χ0v) is 13.2. The molecule has 118 valence electrons. The van der Waals surface area contributed by atoms with Gasteiger partial charge in [0.25, 0.3) is 5.91 Å². The molecular formula is C12H19N3O5S. The summed E-state index contributed by atoms with van der Waals surface area (Å²) >= 11 is 0. The van der Waals surface area contributed by atoms with Crippen LogP contribution in [-0.2, 0) is 10.0 Å². The van der Waals surface area contributed by atoms with E-state index >= 15 is 0 Å². The van der Waals surface area contributed by atoms with E-state index in [1.54, 1.807) is 6.92 Å². The summed E-state index contributed by atoms with van der Waals surface area (Å²) in [6.45, 7) is 3.06. The number of aryl methyl sites for hydroxylation is 1. The van der Waals surface area contributed by atoms with E-state index in [2.05, 4.69) is 10.3 Å². The van der Waals surface area contributed by atoms with Gasteiger partial charge in [-0.1, -0.05) is 0 Å². The van der Waals surface area contributed by atoms with Crippen molar-refractivity contribution < 1.29 is 23.1 Å². The SMILES string of the molecule is Cc1[nH]c(C(=O)O)c(C)c1C(=O)NCCS(=O)(=O)N(C)C. The van der Waals surface area contributed by atoms with Gasteiger partial charge < -0.3 is 15.4 Å². The molecule has 0 fully saturated rings. The number of hydrogen-bond acceptors (Lipinski definition) is 4. The standard InChI is InChI=1S/C12H19N3O5S/c1-7-9(8(2)14-10(7)12(17)18)11(16)13-5-6-21(19,20)15(3)4/h14H,5-6H2,1-4H3,(H,13,16)(H,17,18). The third kappa shape index (κ3) is 3.82. The first-order valence-corrected chi connectivity index (χ1v) is 7.79. The minimum absolute atomic E-state index is 0.0430. The van der Waals surface area contributed by atoms with Crippen molar-refractivity contribution in [2.24, 2.45) is 0 Å². The van der Waals surface area contributed by atoms with E-state index in [0.29, 0.717) is 11.3 Å². The van der Waals surface area contributed by atoms with Gasteiger partial charge in [0, 0.05) is 26.3 Å². The Morgan fingerprint density at radius 2 is 1.86 bits per heavy atom. The van der Waals surface area contributed by atoms with Crippen LogP contribution in [-0.4, -0.2) is 61.1 Å². The number of aromatic amines is 1. The molecule has 1 aromatic heterocycles. The van der Waals surface area contributed by atoms with E-state index in [9.17, 15) is 18.0 Å². The first kappa shape index (κ1) is 17.2. The van der Waals surface area contributed by atoms with Gasteiger partial charge in [0.1, 0.15) is 5.69 Å². The molecule has 1 aromatic rings. The van der Waals surface area contributed by atoms with Crippen LogP contribution in [0.15, 0.2) is 0 Å². The topological polar surface area (TPSA) is 120 Å². The highest BCUT2D eigenvalue weighted by molar-refractivity contribution is 7.89. The Bertz CT molecular complexity index is 661. The van der Waals surface area contributed by atoms with Crippen LogP contribution >= 0.6 is 0 Å². The van der Waals surface area contributed by atoms with E-state index < -0.39 is 21.9 Å². The van der Waals surface area contributed by atoms with Crippen LogP contribution in [0.25, 0.3) is 0 Å². The molecule has 0 aliphatic carbocycles. The quantitative estimate of drug-likeness (QED) is 0.679. The minimum atomic E-state index is -3.39. The lowest BCUT2D eigenvalue weighted by molar-refractivity contribution is 0.0690. The van der Waals surface area contributed by atoms with E-state index in [1.807, 2.05) is 0 Å². The molecule has 0 spiro atoms. The van der Waals surface area contributed by atoms with E-state index in [-0.39, 0.29) is 23.6 Å². The molecule has 3 N–H and O–H groups in total. The molecule has 0 radical (unpaired) electrons. The summed E-state index contributed by atoms with van der Waals surface area (Å²) < 4.78 is 24.2. The zero-order valence-electron chi connectivity index (χ0n) is 12.3. The van der Waals surface area contributed by atoms with Crippen molar-refractivity contribution in [2.75, 3.05) is 26.4 Å². The third-order valence-electron chi connectivity index (χ3n) is 3.08. The maximum absolute atomic E-state index is 12.0. The molecule has 9 heteroatoms. The van der Waals surface area contributed by atoms with E-state index in [0.717, 1.165) is 4.31 Å². The fourth-order valence-electron chi connectivity index (χ4n) is 1.87. The van der Waals surface area contributed by atoms with Crippen molar-refractivity contribution in [2.45, 2.75) is 13.8 Å². The minimum Gasteiger partial charge on any atom is -0.477 e. The number of amides is 1. The molecule has 0 atom stereocenters. The Hall–Kier alpha value is -1.87. The molecule has 0 aliphatic rings. The zero-order chi connectivity index (χ0) is 16.4. The van der Waals surface area contributed by atoms with Gasteiger partial charge in [0.05, 0.1) is 11.3 Å². The van der Waals surface area contributed by atoms with Crippen LogP contribution in [0.3, 0.4) is 0 Å². The average Bonchev–Trinajstić information content (AvgIpc) is 2.64. The lowest BCUT2D eigenvalue weighted by Gasteiger charge is -2.11.